The van der Waals surface area contributed by atoms with Crippen LogP contribution in [0.15, 0.2) is 71.6 Å². The summed E-state index contributed by atoms with van der Waals surface area (Å²) in [7, 11) is 0. The minimum atomic E-state index is -0.193. The van der Waals surface area contributed by atoms with Gasteiger partial charge in [-0.05, 0) is 43.2 Å². The first kappa shape index (κ1) is 14.4. The highest BCUT2D eigenvalue weighted by molar-refractivity contribution is 5.64. The maximum atomic E-state index is 13.6. The van der Waals surface area contributed by atoms with Gasteiger partial charge in [0.2, 0.25) is 0 Å². The largest absolute Gasteiger partial charge is 0.206 e. The molecule has 108 valence electrons. The van der Waals surface area contributed by atoms with Crippen LogP contribution in [0.2, 0.25) is 0 Å². The van der Waals surface area contributed by atoms with Gasteiger partial charge in [0.1, 0.15) is 5.83 Å². The molecular formula is C21H17F. The highest BCUT2D eigenvalue weighted by Gasteiger charge is 2.10. The second kappa shape index (κ2) is 6.03. The Labute approximate surface area is 131 Å². The van der Waals surface area contributed by atoms with E-state index in [0.29, 0.717) is 12.0 Å². The van der Waals surface area contributed by atoms with Gasteiger partial charge in [-0.2, -0.15) is 0 Å². The van der Waals surface area contributed by atoms with Gasteiger partial charge >= 0.3 is 0 Å². The van der Waals surface area contributed by atoms with E-state index in [1.165, 1.54) is 11.1 Å². The number of rotatable bonds is 1. The maximum Gasteiger partial charge on any atom is 0.135 e. The minimum absolute atomic E-state index is 0.193. The van der Waals surface area contributed by atoms with Gasteiger partial charge < -0.3 is 0 Å². The van der Waals surface area contributed by atoms with Crippen LogP contribution in [0.5, 0.6) is 0 Å². The Bertz CT molecular complexity index is 807. The lowest BCUT2D eigenvalue weighted by Crippen LogP contribution is -1.81. The molecule has 3 rings (SSSR count). The second-order valence-electron chi connectivity index (χ2n) is 5.69. The standard InChI is InChI=1S/C21H17F/c1-15-3-8-18(9-4-15)19-10-5-17(6-11-19)7-12-20-13-16(2)14-21(20)22/h3-6,8-11,14H,13H2,1-2H3. The topological polar surface area (TPSA) is 0 Å². The molecule has 0 heterocycles. The van der Waals surface area contributed by atoms with Crippen LogP contribution < -0.4 is 0 Å². The van der Waals surface area contributed by atoms with E-state index in [4.69, 9.17) is 0 Å². The summed E-state index contributed by atoms with van der Waals surface area (Å²) < 4.78 is 13.6. The van der Waals surface area contributed by atoms with Gasteiger partial charge in [0, 0.05) is 17.6 Å². The third-order valence-electron chi connectivity index (χ3n) is 3.74. The molecule has 0 amide bonds. The summed E-state index contributed by atoms with van der Waals surface area (Å²) in [5, 5.41) is 0. The first-order valence-corrected chi connectivity index (χ1v) is 7.37. The summed E-state index contributed by atoms with van der Waals surface area (Å²) in [5.41, 5.74) is 6.11. The summed E-state index contributed by atoms with van der Waals surface area (Å²) in [4.78, 5) is 0. The van der Waals surface area contributed by atoms with Gasteiger partial charge in [0.25, 0.3) is 0 Å². The second-order valence-corrected chi connectivity index (χ2v) is 5.69. The smallest absolute Gasteiger partial charge is 0.135 e. The number of allylic oxidation sites excluding steroid dienone is 4. The van der Waals surface area contributed by atoms with E-state index in [0.717, 1.165) is 16.7 Å². The van der Waals surface area contributed by atoms with Crippen molar-refractivity contribution in [2.24, 2.45) is 0 Å². The molecule has 22 heavy (non-hydrogen) atoms. The zero-order valence-corrected chi connectivity index (χ0v) is 12.8. The summed E-state index contributed by atoms with van der Waals surface area (Å²) in [6.45, 7) is 4.00. The molecule has 2 aromatic carbocycles. The lowest BCUT2D eigenvalue weighted by atomic mass is 10.0. The van der Waals surface area contributed by atoms with Crippen LogP contribution in [-0.4, -0.2) is 0 Å². The molecule has 0 aromatic heterocycles. The van der Waals surface area contributed by atoms with Gasteiger partial charge in [-0.15, -0.1) is 0 Å². The number of halogens is 1. The Balaban J connectivity index is 1.79. The molecule has 0 nitrogen and oxygen atoms in total. The molecule has 1 aliphatic rings. The van der Waals surface area contributed by atoms with Crippen LogP contribution in [0, 0.1) is 18.8 Å². The fraction of sp³-hybridized carbons (Fsp3) is 0.143. The van der Waals surface area contributed by atoms with Crippen LogP contribution >= 0.6 is 0 Å². The molecule has 0 radical (unpaired) electrons. The molecular weight excluding hydrogens is 271 g/mol. The van der Waals surface area contributed by atoms with Crippen molar-refractivity contribution in [2.45, 2.75) is 20.3 Å². The van der Waals surface area contributed by atoms with Crippen LogP contribution in [0.4, 0.5) is 4.39 Å². The van der Waals surface area contributed by atoms with Crippen LogP contribution in [0.25, 0.3) is 11.1 Å². The fourth-order valence-electron chi connectivity index (χ4n) is 2.46. The van der Waals surface area contributed by atoms with Crippen molar-refractivity contribution in [2.75, 3.05) is 0 Å². The minimum Gasteiger partial charge on any atom is -0.206 e. The predicted molar refractivity (Wildman–Crippen MR) is 90.0 cm³/mol. The summed E-state index contributed by atoms with van der Waals surface area (Å²) in [6, 6.07) is 16.5. The Kier molecular flexibility index (Phi) is 3.94. The Hall–Kier alpha value is -2.59. The van der Waals surface area contributed by atoms with E-state index in [9.17, 15) is 4.39 Å². The Morgan fingerprint density at radius 2 is 1.41 bits per heavy atom. The van der Waals surface area contributed by atoms with E-state index < -0.39 is 0 Å². The summed E-state index contributed by atoms with van der Waals surface area (Å²) >= 11 is 0. The number of hydrogen-bond acceptors (Lipinski definition) is 0. The molecule has 0 N–H and O–H groups in total. The number of hydrogen-bond donors (Lipinski definition) is 0. The van der Waals surface area contributed by atoms with E-state index in [-0.39, 0.29) is 5.83 Å². The van der Waals surface area contributed by atoms with Crippen LogP contribution in [0.1, 0.15) is 24.5 Å². The van der Waals surface area contributed by atoms with E-state index in [1.54, 1.807) is 6.08 Å². The molecule has 1 aliphatic carbocycles. The molecule has 0 saturated heterocycles. The third-order valence-corrected chi connectivity index (χ3v) is 3.74. The lowest BCUT2D eigenvalue weighted by molar-refractivity contribution is 0.663. The van der Waals surface area contributed by atoms with Crippen molar-refractivity contribution in [3.8, 4) is 23.0 Å². The predicted octanol–water partition coefficient (Wildman–Crippen LogP) is 5.59. The molecule has 0 unspecified atom stereocenters. The van der Waals surface area contributed by atoms with Gasteiger partial charge in [-0.3, -0.25) is 0 Å². The first-order chi connectivity index (χ1) is 10.6. The zero-order valence-electron chi connectivity index (χ0n) is 12.8. The molecule has 0 bridgehead atoms. The number of aryl methyl sites for hydroxylation is 1. The maximum absolute atomic E-state index is 13.6. The average Bonchev–Trinajstić information content (AvgIpc) is 2.84. The molecule has 0 spiro atoms. The van der Waals surface area contributed by atoms with E-state index in [1.807, 2.05) is 19.1 Å². The molecule has 0 saturated carbocycles. The molecule has 0 atom stereocenters. The zero-order chi connectivity index (χ0) is 15.5. The van der Waals surface area contributed by atoms with Crippen molar-refractivity contribution >= 4 is 0 Å². The van der Waals surface area contributed by atoms with E-state index >= 15 is 0 Å². The molecule has 1 heteroatoms. The summed E-state index contributed by atoms with van der Waals surface area (Å²) in [6.07, 6.45) is 2.19. The molecule has 0 fully saturated rings. The number of benzene rings is 2. The van der Waals surface area contributed by atoms with Gasteiger partial charge in [-0.1, -0.05) is 59.4 Å². The summed E-state index contributed by atoms with van der Waals surface area (Å²) in [5.74, 6) is 5.80. The Morgan fingerprint density at radius 3 is 1.95 bits per heavy atom. The van der Waals surface area contributed by atoms with Crippen LogP contribution in [0.3, 0.4) is 0 Å². The highest BCUT2D eigenvalue weighted by atomic mass is 19.1. The van der Waals surface area contributed by atoms with Crippen LogP contribution in [-0.2, 0) is 0 Å². The van der Waals surface area contributed by atoms with Crippen molar-refractivity contribution in [1.82, 2.24) is 0 Å². The molecule has 2 aromatic rings. The molecule has 0 aliphatic heterocycles. The highest BCUT2D eigenvalue weighted by Crippen LogP contribution is 2.25. The quantitative estimate of drug-likeness (QED) is 0.600. The van der Waals surface area contributed by atoms with Crippen molar-refractivity contribution < 1.29 is 4.39 Å². The lowest BCUT2D eigenvalue weighted by Gasteiger charge is -2.02. The average molecular weight is 288 g/mol. The first-order valence-electron chi connectivity index (χ1n) is 7.37. The van der Waals surface area contributed by atoms with Crippen molar-refractivity contribution in [3.05, 3.63) is 82.7 Å². The Morgan fingerprint density at radius 1 is 0.818 bits per heavy atom. The van der Waals surface area contributed by atoms with Gasteiger partial charge in [0.05, 0.1) is 0 Å². The van der Waals surface area contributed by atoms with Gasteiger partial charge in [-0.25, -0.2) is 4.39 Å². The third kappa shape index (κ3) is 3.18. The van der Waals surface area contributed by atoms with E-state index in [2.05, 4.69) is 55.2 Å². The van der Waals surface area contributed by atoms with Crippen molar-refractivity contribution in [3.63, 3.8) is 0 Å². The normalized spacial score (nSPS) is 13.7. The fourth-order valence-corrected chi connectivity index (χ4v) is 2.46. The SMILES string of the molecule is CC1=CC(F)=C(C#Cc2ccc(-c3ccc(C)cc3)cc2)C1. The van der Waals surface area contributed by atoms with Gasteiger partial charge in [0.15, 0.2) is 0 Å². The monoisotopic (exact) mass is 288 g/mol. The van der Waals surface area contributed by atoms with Crippen molar-refractivity contribution in [1.29, 1.82) is 0 Å².